The van der Waals surface area contributed by atoms with E-state index in [1.54, 1.807) is 4.68 Å². The molecule has 0 saturated heterocycles. The topological polar surface area (TPSA) is 50.9 Å². The van der Waals surface area contributed by atoms with Gasteiger partial charge in [-0.05, 0) is 31.4 Å². The van der Waals surface area contributed by atoms with Crippen LogP contribution in [0.1, 0.15) is 25.0 Å². The summed E-state index contributed by atoms with van der Waals surface area (Å²) in [7, 11) is 0. The van der Waals surface area contributed by atoms with Gasteiger partial charge in [0, 0.05) is 0 Å². The molecule has 0 spiro atoms. The van der Waals surface area contributed by atoms with Gasteiger partial charge in [-0.2, -0.15) is 0 Å². The van der Waals surface area contributed by atoms with Crippen LogP contribution in [0.3, 0.4) is 0 Å². The van der Waals surface area contributed by atoms with E-state index in [1.807, 2.05) is 36.5 Å². The fourth-order valence-corrected chi connectivity index (χ4v) is 1.95. The second-order valence-electron chi connectivity index (χ2n) is 4.27. The summed E-state index contributed by atoms with van der Waals surface area (Å²) in [6.07, 6.45) is 4.46. The fourth-order valence-electron chi connectivity index (χ4n) is 1.95. The highest BCUT2D eigenvalue weighted by Crippen LogP contribution is 2.39. The van der Waals surface area contributed by atoms with Gasteiger partial charge in [0.05, 0.1) is 11.9 Å². The van der Waals surface area contributed by atoms with Crippen LogP contribution >= 0.6 is 0 Å². The molecule has 4 heteroatoms. The van der Waals surface area contributed by atoms with Gasteiger partial charge < -0.3 is 5.11 Å². The van der Waals surface area contributed by atoms with Crippen LogP contribution in [0, 0.1) is 0 Å². The third-order valence-corrected chi connectivity index (χ3v) is 3.17. The Balaban J connectivity index is 1.94. The Morgan fingerprint density at radius 3 is 2.56 bits per heavy atom. The van der Waals surface area contributed by atoms with Crippen molar-refractivity contribution in [2.24, 2.45) is 0 Å². The van der Waals surface area contributed by atoms with Crippen molar-refractivity contribution in [1.82, 2.24) is 15.0 Å². The summed E-state index contributed by atoms with van der Waals surface area (Å²) < 4.78 is 1.70. The summed E-state index contributed by atoms with van der Waals surface area (Å²) in [6, 6.07) is 9.79. The van der Waals surface area contributed by atoms with Crippen molar-refractivity contribution < 1.29 is 5.11 Å². The number of benzene rings is 1. The lowest BCUT2D eigenvalue weighted by molar-refractivity contribution is -0.0427. The van der Waals surface area contributed by atoms with Crippen molar-refractivity contribution in [2.45, 2.75) is 24.9 Å². The average Bonchev–Trinajstić information content (AvgIpc) is 2.77. The van der Waals surface area contributed by atoms with E-state index in [-0.39, 0.29) is 0 Å². The third-order valence-electron chi connectivity index (χ3n) is 3.17. The van der Waals surface area contributed by atoms with Gasteiger partial charge in [-0.25, -0.2) is 4.68 Å². The maximum absolute atomic E-state index is 10.1. The third kappa shape index (κ3) is 1.42. The number of para-hydroxylation sites is 1. The highest BCUT2D eigenvalue weighted by molar-refractivity contribution is 5.30. The summed E-state index contributed by atoms with van der Waals surface area (Å²) in [4.78, 5) is 0. The van der Waals surface area contributed by atoms with Crippen LogP contribution < -0.4 is 0 Å². The lowest BCUT2D eigenvalue weighted by atomic mass is 9.78. The molecule has 0 bridgehead atoms. The molecule has 1 aromatic heterocycles. The predicted molar refractivity (Wildman–Crippen MR) is 59.1 cm³/mol. The average molecular weight is 215 g/mol. The van der Waals surface area contributed by atoms with E-state index in [2.05, 4.69) is 10.3 Å². The van der Waals surface area contributed by atoms with Gasteiger partial charge in [-0.15, -0.1) is 5.10 Å². The Labute approximate surface area is 93.5 Å². The van der Waals surface area contributed by atoms with Crippen LogP contribution in [-0.4, -0.2) is 20.1 Å². The monoisotopic (exact) mass is 215 g/mol. The zero-order valence-electron chi connectivity index (χ0n) is 8.87. The van der Waals surface area contributed by atoms with Crippen LogP contribution in [-0.2, 0) is 5.60 Å². The number of rotatable bonds is 2. The SMILES string of the molecule is OC1(c2cn(-c3ccccc3)nn2)CCC1. The molecule has 1 aromatic carbocycles. The number of hydrogen-bond donors (Lipinski definition) is 1. The zero-order valence-corrected chi connectivity index (χ0v) is 8.87. The fraction of sp³-hybridized carbons (Fsp3) is 0.333. The molecule has 0 amide bonds. The normalized spacial score (nSPS) is 18.1. The lowest BCUT2D eigenvalue weighted by Crippen LogP contribution is -2.34. The Hall–Kier alpha value is -1.68. The maximum Gasteiger partial charge on any atom is 0.115 e. The summed E-state index contributed by atoms with van der Waals surface area (Å²) in [5, 5.41) is 18.2. The van der Waals surface area contributed by atoms with E-state index in [0.29, 0.717) is 5.69 Å². The van der Waals surface area contributed by atoms with Gasteiger partial charge in [0.15, 0.2) is 0 Å². The van der Waals surface area contributed by atoms with E-state index < -0.39 is 5.60 Å². The molecule has 82 valence electrons. The standard InChI is InChI=1S/C12H13N3O/c16-12(7-4-8-12)11-9-15(14-13-11)10-5-2-1-3-6-10/h1-3,5-6,9,16H,4,7-8H2. The van der Waals surface area contributed by atoms with Crippen LogP contribution in [0.5, 0.6) is 0 Å². The first kappa shape index (κ1) is 9.54. The highest BCUT2D eigenvalue weighted by Gasteiger charge is 2.38. The molecule has 3 rings (SSSR count). The van der Waals surface area contributed by atoms with Crippen molar-refractivity contribution in [3.63, 3.8) is 0 Å². The number of aromatic nitrogens is 3. The van der Waals surface area contributed by atoms with Gasteiger partial charge >= 0.3 is 0 Å². The van der Waals surface area contributed by atoms with E-state index in [4.69, 9.17) is 0 Å². The first-order valence-electron chi connectivity index (χ1n) is 5.49. The van der Waals surface area contributed by atoms with Crippen molar-refractivity contribution in [2.75, 3.05) is 0 Å². The van der Waals surface area contributed by atoms with Crippen molar-refractivity contribution in [3.8, 4) is 5.69 Å². The smallest absolute Gasteiger partial charge is 0.115 e. The Bertz CT molecular complexity index is 488. The molecule has 1 fully saturated rings. The minimum Gasteiger partial charge on any atom is -0.383 e. The van der Waals surface area contributed by atoms with E-state index >= 15 is 0 Å². The molecule has 1 N–H and O–H groups in total. The summed E-state index contributed by atoms with van der Waals surface area (Å²) in [5.74, 6) is 0. The molecule has 0 unspecified atom stereocenters. The minimum absolute atomic E-state index is 0.683. The summed E-state index contributed by atoms with van der Waals surface area (Å²) >= 11 is 0. The molecule has 16 heavy (non-hydrogen) atoms. The molecular formula is C12H13N3O. The number of hydrogen-bond acceptors (Lipinski definition) is 3. The highest BCUT2D eigenvalue weighted by atomic mass is 16.3. The quantitative estimate of drug-likeness (QED) is 0.828. The van der Waals surface area contributed by atoms with E-state index in [0.717, 1.165) is 24.9 Å². The predicted octanol–water partition coefficient (Wildman–Crippen LogP) is 1.64. The molecule has 2 aromatic rings. The molecule has 4 nitrogen and oxygen atoms in total. The molecule has 0 radical (unpaired) electrons. The van der Waals surface area contributed by atoms with Gasteiger partial charge in [0.25, 0.3) is 0 Å². The van der Waals surface area contributed by atoms with E-state index in [1.165, 1.54) is 0 Å². The Kier molecular flexibility index (Phi) is 2.04. The number of nitrogens with zero attached hydrogens (tertiary/aromatic N) is 3. The largest absolute Gasteiger partial charge is 0.383 e. The van der Waals surface area contributed by atoms with Gasteiger partial charge in [0.2, 0.25) is 0 Å². The Morgan fingerprint density at radius 2 is 1.94 bits per heavy atom. The van der Waals surface area contributed by atoms with Crippen molar-refractivity contribution in [1.29, 1.82) is 0 Å². The maximum atomic E-state index is 10.1. The molecule has 1 saturated carbocycles. The van der Waals surface area contributed by atoms with Gasteiger partial charge in [0.1, 0.15) is 11.3 Å². The second-order valence-corrected chi connectivity index (χ2v) is 4.27. The van der Waals surface area contributed by atoms with Crippen molar-refractivity contribution >= 4 is 0 Å². The molecule has 0 atom stereocenters. The van der Waals surface area contributed by atoms with Crippen LogP contribution in [0.15, 0.2) is 36.5 Å². The first-order valence-corrected chi connectivity index (χ1v) is 5.49. The molecule has 1 aliphatic carbocycles. The lowest BCUT2D eigenvalue weighted by Gasteiger charge is -2.34. The Morgan fingerprint density at radius 1 is 1.19 bits per heavy atom. The van der Waals surface area contributed by atoms with Crippen LogP contribution in [0.4, 0.5) is 0 Å². The molecule has 1 aliphatic rings. The van der Waals surface area contributed by atoms with Gasteiger partial charge in [-0.1, -0.05) is 23.4 Å². The zero-order chi connectivity index (χ0) is 11.0. The van der Waals surface area contributed by atoms with Crippen LogP contribution in [0.2, 0.25) is 0 Å². The molecular weight excluding hydrogens is 202 g/mol. The second kappa shape index (κ2) is 3.42. The van der Waals surface area contributed by atoms with Crippen LogP contribution in [0.25, 0.3) is 5.69 Å². The minimum atomic E-state index is -0.729. The molecule has 1 heterocycles. The van der Waals surface area contributed by atoms with E-state index in [9.17, 15) is 5.11 Å². The van der Waals surface area contributed by atoms with Gasteiger partial charge in [-0.3, -0.25) is 0 Å². The summed E-state index contributed by atoms with van der Waals surface area (Å²) in [6.45, 7) is 0. The molecule has 0 aliphatic heterocycles. The first-order chi connectivity index (χ1) is 7.78. The van der Waals surface area contributed by atoms with Crippen molar-refractivity contribution in [3.05, 3.63) is 42.2 Å². The number of aliphatic hydroxyl groups is 1. The summed E-state index contributed by atoms with van der Waals surface area (Å²) in [5.41, 5.74) is 0.916.